The standard InChI is InChI=1S/C19H17ClN2O3.Na/c1-13-9-16(11-19(23)24)21-22(13)17-10-15(20)7-8-18(17)25-12-14-5-3-2-4-6-14;/h2-10H,11-12H2,1H3,(H,23,24);/q;+1/p-1. The number of carbonyl (C=O) groups excluding carboxylic acids is 1. The fourth-order valence-electron chi connectivity index (χ4n) is 2.53. The van der Waals surface area contributed by atoms with E-state index in [0.29, 0.717) is 28.8 Å². The Bertz CT molecular complexity index is 897. The van der Waals surface area contributed by atoms with Gasteiger partial charge in [-0.05, 0) is 36.8 Å². The van der Waals surface area contributed by atoms with E-state index in [2.05, 4.69) is 5.10 Å². The van der Waals surface area contributed by atoms with Crippen molar-refractivity contribution in [2.75, 3.05) is 0 Å². The molecule has 0 aliphatic heterocycles. The van der Waals surface area contributed by atoms with Gasteiger partial charge in [-0.2, -0.15) is 5.10 Å². The van der Waals surface area contributed by atoms with Crippen molar-refractivity contribution in [3.63, 3.8) is 0 Å². The minimum Gasteiger partial charge on any atom is -0.550 e. The van der Waals surface area contributed by atoms with Crippen LogP contribution in [0.25, 0.3) is 5.69 Å². The predicted octanol–water partition coefficient (Wildman–Crippen LogP) is -0.290. The fourth-order valence-corrected chi connectivity index (χ4v) is 2.70. The zero-order valence-electron chi connectivity index (χ0n) is 14.6. The number of carboxylic acid groups (broad SMARTS) is 1. The number of hydrogen-bond acceptors (Lipinski definition) is 4. The molecule has 0 spiro atoms. The van der Waals surface area contributed by atoms with Crippen LogP contribution in [-0.4, -0.2) is 15.7 Å². The van der Waals surface area contributed by atoms with Crippen molar-refractivity contribution in [1.29, 1.82) is 0 Å². The SMILES string of the molecule is Cc1cc(CC(=O)[O-])nn1-c1cc(Cl)ccc1OCc1ccccc1.[Na+]. The van der Waals surface area contributed by atoms with Gasteiger partial charge in [-0.1, -0.05) is 41.9 Å². The Hall–Kier alpha value is -1.79. The topological polar surface area (TPSA) is 67.2 Å². The van der Waals surface area contributed by atoms with Gasteiger partial charge in [0.1, 0.15) is 18.0 Å². The van der Waals surface area contributed by atoms with Crippen LogP contribution >= 0.6 is 11.6 Å². The maximum Gasteiger partial charge on any atom is 1.00 e. The van der Waals surface area contributed by atoms with E-state index in [4.69, 9.17) is 16.3 Å². The number of benzene rings is 2. The molecule has 0 unspecified atom stereocenters. The second-order valence-electron chi connectivity index (χ2n) is 5.62. The molecule has 3 rings (SSSR count). The molecule has 0 bridgehead atoms. The van der Waals surface area contributed by atoms with Crippen molar-refractivity contribution in [3.8, 4) is 11.4 Å². The van der Waals surface area contributed by atoms with Crippen LogP contribution in [-0.2, 0) is 17.8 Å². The summed E-state index contributed by atoms with van der Waals surface area (Å²) in [6.07, 6.45) is -0.241. The van der Waals surface area contributed by atoms with Gasteiger partial charge in [-0.3, -0.25) is 0 Å². The van der Waals surface area contributed by atoms with Crippen LogP contribution < -0.4 is 39.4 Å². The first-order valence-electron chi connectivity index (χ1n) is 7.75. The molecule has 0 radical (unpaired) electrons. The van der Waals surface area contributed by atoms with Crippen LogP contribution in [0.1, 0.15) is 17.0 Å². The number of aliphatic carboxylic acids is 1. The number of carbonyl (C=O) groups is 1. The Balaban J connectivity index is 0.00000243. The summed E-state index contributed by atoms with van der Waals surface area (Å²) >= 11 is 6.13. The van der Waals surface area contributed by atoms with E-state index in [1.807, 2.05) is 37.3 Å². The molecule has 5 nitrogen and oxygen atoms in total. The molecule has 26 heavy (non-hydrogen) atoms. The van der Waals surface area contributed by atoms with Gasteiger partial charge in [0.2, 0.25) is 0 Å². The van der Waals surface area contributed by atoms with Crippen LogP contribution in [0, 0.1) is 6.92 Å². The maximum absolute atomic E-state index is 10.8. The molecule has 0 N–H and O–H groups in total. The number of aryl methyl sites for hydroxylation is 1. The van der Waals surface area contributed by atoms with Crippen molar-refractivity contribution < 1.29 is 44.2 Å². The third kappa shape index (κ3) is 5.11. The van der Waals surface area contributed by atoms with Gasteiger partial charge >= 0.3 is 29.6 Å². The van der Waals surface area contributed by atoms with Gasteiger partial charge in [0, 0.05) is 23.1 Å². The zero-order valence-corrected chi connectivity index (χ0v) is 17.4. The van der Waals surface area contributed by atoms with Crippen LogP contribution in [0.15, 0.2) is 54.6 Å². The Morgan fingerprint density at radius 1 is 1.19 bits per heavy atom. The quantitative estimate of drug-likeness (QED) is 0.553. The number of hydrogen-bond donors (Lipinski definition) is 0. The van der Waals surface area contributed by atoms with E-state index in [1.165, 1.54) is 0 Å². The van der Waals surface area contributed by atoms with Gasteiger partial charge in [0.25, 0.3) is 0 Å². The molecule has 1 aromatic heterocycles. The molecule has 0 atom stereocenters. The molecule has 128 valence electrons. The van der Waals surface area contributed by atoms with Gasteiger partial charge < -0.3 is 14.6 Å². The molecular weight excluding hydrogens is 363 g/mol. The molecule has 0 saturated heterocycles. The van der Waals surface area contributed by atoms with Gasteiger partial charge in [0.15, 0.2) is 0 Å². The van der Waals surface area contributed by atoms with Gasteiger partial charge in [-0.15, -0.1) is 0 Å². The summed E-state index contributed by atoms with van der Waals surface area (Å²) in [7, 11) is 0. The third-order valence-corrected chi connectivity index (χ3v) is 3.88. The van der Waals surface area contributed by atoms with Crippen LogP contribution in [0.2, 0.25) is 5.02 Å². The minimum atomic E-state index is -1.17. The van der Waals surface area contributed by atoms with E-state index >= 15 is 0 Å². The van der Waals surface area contributed by atoms with Crippen LogP contribution in [0.3, 0.4) is 0 Å². The van der Waals surface area contributed by atoms with Crippen molar-refractivity contribution in [3.05, 3.63) is 76.6 Å². The zero-order chi connectivity index (χ0) is 17.8. The molecule has 3 aromatic rings. The molecule has 2 aromatic carbocycles. The predicted molar refractivity (Wildman–Crippen MR) is 92.8 cm³/mol. The molecular formula is C19H16ClN2NaO3. The Morgan fingerprint density at radius 2 is 1.92 bits per heavy atom. The Labute approximate surface area is 178 Å². The number of nitrogens with zero attached hydrogens (tertiary/aromatic N) is 2. The Kier molecular flexibility index (Phi) is 7.29. The number of aromatic nitrogens is 2. The monoisotopic (exact) mass is 378 g/mol. The first-order valence-corrected chi connectivity index (χ1v) is 8.13. The third-order valence-electron chi connectivity index (χ3n) is 3.65. The minimum absolute atomic E-state index is 0. The van der Waals surface area contributed by atoms with E-state index in [9.17, 15) is 9.90 Å². The number of rotatable bonds is 6. The normalized spacial score (nSPS) is 10.2. The summed E-state index contributed by atoms with van der Waals surface area (Å²) in [5.74, 6) is -0.559. The fraction of sp³-hybridized carbons (Fsp3) is 0.158. The maximum atomic E-state index is 10.8. The average Bonchev–Trinajstić information content (AvgIpc) is 2.94. The second-order valence-corrected chi connectivity index (χ2v) is 6.06. The number of halogens is 1. The average molecular weight is 379 g/mol. The summed E-state index contributed by atoms with van der Waals surface area (Å²) in [4.78, 5) is 10.8. The van der Waals surface area contributed by atoms with Crippen LogP contribution in [0.5, 0.6) is 5.75 Å². The molecule has 7 heteroatoms. The van der Waals surface area contributed by atoms with E-state index in [0.717, 1.165) is 11.3 Å². The summed E-state index contributed by atoms with van der Waals surface area (Å²) in [6.45, 7) is 2.25. The van der Waals surface area contributed by atoms with E-state index in [1.54, 1.807) is 28.9 Å². The first kappa shape index (κ1) is 20.5. The molecule has 1 heterocycles. The van der Waals surface area contributed by atoms with Crippen molar-refractivity contribution in [2.24, 2.45) is 0 Å². The second kappa shape index (κ2) is 9.24. The smallest absolute Gasteiger partial charge is 0.550 e. The molecule has 0 amide bonds. The van der Waals surface area contributed by atoms with Gasteiger partial charge in [-0.25, -0.2) is 4.68 Å². The molecule has 0 aliphatic rings. The largest absolute Gasteiger partial charge is 1.00 e. The number of ether oxygens (including phenoxy) is 1. The van der Waals surface area contributed by atoms with E-state index in [-0.39, 0.29) is 36.0 Å². The summed E-state index contributed by atoms with van der Waals surface area (Å²) in [6, 6.07) is 16.8. The summed E-state index contributed by atoms with van der Waals surface area (Å²) < 4.78 is 7.56. The molecule has 0 aliphatic carbocycles. The molecule has 0 saturated carbocycles. The summed E-state index contributed by atoms with van der Waals surface area (Å²) in [5.41, 5.74) is 2.90. The molecule has 0 fully saturated rings. The van der Waals surface area contributed by atoms with Gasteiger partial charge in [0.05, 0.1) is 5.69 Å². The van der Waals surface area contributed by atoms with Crippen molar-refractivity contribution in [1.82, 2.24) is 9.78 Å². The van der Waals surface area contributed by atoms with Crippen LogP contribution in [0.4, 0.5) is 0 Å². The van der Waals surface area contributed by atoms with Crippen molar-refractivity contribution >= 4 is 17.6 Å². The van der Waals surface area contributed by atoms with Crippen molar-refractivity contribution in [2.45, 2.75) is 20.0 Å². The van der Waals surface area contributed by atoms with E-state index < -0.39 is 5.97 Å². The summed E-state index contributed by atoms with van der Waals surface area (Å²) in [5, 5.41) is 15.7. The number of carboxylic acids is 1. The Morgan fingerprint density at radius 3 is 2.62 bits per heavy atom. The first-order chi connectivity index (χ1) is 12.0.